The number of pyridine rings is 1. The van der Waals surface area contributed by atoms with E-state index in [2.05, 4.69) is 11.1 Å². The van der Waals surface area contributed by atoms with Gasteiger partial charge in [-0.2, -0.15) is 5.26 Å². The maximum atomic E-state index is 8.59. The lowest BCUT2D eigenvalue weighted by Crippen LogP contribution is -2.10. The van der Waals surface area contributed by atoms with Gasteiger partial charge in [0.2, 0.25) is 0 Å². The number of nitrogens with zero attached hydrogens (tertiary/aromatic N) is 3. The van der Waals surface area contributed by atoms with E-state index in [1.54, 1.807) is 12.4 Å². The largest absolute Gasteiger partial charge is 0.305 e. The second kappa shape index (κ2) is 3.84. The monoisotopic (exact) mass is 161 g/mol. The van der Waals surface area contributed by atoms with Crippen LogP contribution in [-0.2, 0) is 6.54 Å². The van der Waals surface area contributed by atoms with Gasteiger partial charge in [-0.1, -0.05) is 0 Å². The van der Waals surface area contributed by atoms with Crippen LogP contribution in [0.3, 0.4) is 0 Å². The summed E-state index contributed by atoms with van der Waals surface area (Å²) in [6, 6.07) is 3.91. The molecule has 0 N–H and O–H groups in total. The minimum Gasteiger partial charge on any atom is -0.305 e. The summed E-state index contributed by atoms with van der Waals surface area (Å²) in [5.74, 6) is 0. The van der Waals surface area contributed by atoms with Gasteiger partial charge in [-0.05, 0) is 25.7 Å². The maximum Gasteiger partial charge on any atom is 0.101 e. The molecule has 0 bridgehead atoms. The number of hydrogen-bond acceptors (Lipinski definition) is 3. The van der Waals surface area contributed by atoms with E-state index in [-0.39, 0.29) is 0 Å². The fourth-order valence-corrected chi connectivity index (χ4v) is 1.00. The highest BCUT2D eigenvalue weighted by atomic mass is 15.0. The zero-order chi connectivity index (χ0) is 8.97. The van der Waals surface area contributed by atoms with Crippen molar-refractivity contribution in [1.82, 2.24) is 9.88 Å². The molecule has 0 aromatic carbocycles. The Morgan fingerprint density at radius 3 is 2.83 bits per heavy atom. The zero-order valence-corrected chi connectivity index (χ0v) is 7.28. The summed E-state index contributed by atoms with van der Waals surface area (Å²) in [7, 11) is 3.97. The van der Waals surface area contributed by atoms with E-state index in [0.29, 0.717) is 5.56 Å². The first-order chi connectivity index (χ1) is 5.72. The predicted octanol–water partition coefficient (Wildman–Crippen LogP) is 1.01. The normalized spacial score (nSPS) is 9.83. The zero-order valence-electron chi connectivity index (χ0n) is 7.28. The molecule has 3 heteroatoms. The molecular formula is C9H11N3. The molecule has 1 aromatic heterocycles. The molecule has 0 spiro atoms. The lowest BCUT2D eigenvalue weighted by Gasteiger charge is -2.08. The van der Waals surface area contributed by atoms with Gasteiger partial charge in [-0.3, -0.25) is 4.98 Å². The minimum atomic E-state index is 0.620. The fourth-order valence-electron chi connectivity index (χ4n) is 1.00. The second-order valence-corrected chi connectivity index (χ2v) is 2.93. The van der Waals surface area contributed by atoms with Crippen LogP contribution in [0.25, 0.3) is 0 Å². The molecule has 1 rings (SSSR count). The summed E-state index contributed by atoms with van der Waals surface area (Å²) in [6.45, 7) is 0.822. The van der Waals surface area contributed by atoms with Gasteiger partial charge in [-0.25, -0.2) is 0 Å². The van der Waals surface area contributed by atoms with Crippen LogP contribution in [0.5, 0.6) is 0 Å². The van der Waals surface area contributed by atoms with E-state index in [4.69, 9.17) is 5.26 Å². The second-order valence-electron chi connectivity index (χ2n) is 2.93. The van der Waals surface area contributed by atoms with Gasteiger partial charge in [0.15, 0.2) is 0 Å². The van der Waals surface area contributed by atoms with Crippen LogP contribution in [0.2, 0.25) is 0 Å². The lowest BCUT2D eigenvalue weighted by molar-refractivity contribution is 0.402. The molecular weight excluding hydrogens is 150 g/mol. The lowest BCUT2D eigenvalue weighted by atomic mass is 10.2. The Hall–Kier alpha value is -1.40. The SMILES string of the molecule is CN(C)Cc1cncc(C#N)c1. The van der Waals surface area contributed by atoms with Crippen molar-refractivity contribution in [2.45, 2.75) is 6.54 Å². The van der Waals surface area contributed by atoms with Crippen molar-refractivity contribution >= 4 is 0 Å². The fraction of sp³-hybridized carbons (Fsp3) is 0.333. The molecule has 3 nitrogen and oxygen atoms in total. The molecule has 0 fully saturated rings. The molecule has 0 aliphatic rings. The maximum absolute atomic E-state index is 8.59. The molecule has 0 amide bonds. The topological polar surface area (TPSA) is 39.9 Å². The van der Waals surface area contributed by atoms with Crippen molar-refractivity contribution in [3.63, 3.8) is 0 Å². The average Bonchev–Trinajstić information content (AvgIpc) is 2.03. The van der Waals surface area contributed by atoms with Crippen LogP contribution >= 0.6 is 0 Å². The molecule has 1 aromatic rings. The Bertz CT molecular complexity index is 299. The third kappa shape index (κ3) is 2.33. The Morgan fingerprint density at radius 1 is 1.50 bits per heavy atom. The summed E-state index contributed by atoms with van der Waals surface area (Å²) < 4.78 is 0. The summed E-state index contributed by atoms with van der Waals surface area (Å²) >= 11 is 0. The quantitative estimate of drug-likeness (QED) is 0.650. The van der Waals surface area contributed by atoms with Gasteiger partial charge in [0.25, 0.3) is 0 Å². The van der Waals surface area contributed by atoms with Gasteiger partial charge in [0, 0.05) is 18.9 Å². The standard InChI is InChI=1S/C9H11N3/c1-12(2)7-9-3-8(4-10)5-11-6-9/h3,5-6H,7H2,1-2H3. The molecule has 12 heavy (non-hydrogen) atoms. The van der Waals surface area contributed by atoms with Crippen LogP contribution in [0.1, 0.15) is 11.1 Å². The third-order valence-corrected chi connectivity index (χ3v) is 1.42. The number of aromatic nitrogens is 1. The molecule has 0 saturated carbocycles. The van der Waals surface area contributed by atoms with Gasteiger partial charge >= 0.3 is 0 Å². The highest BCUT2D eigenvalue weighted by Gasteiger charge is 1.96. The first-order valence-corrected chi connectivity index (χ1v) is 3.71. The van der Waals surface area contributed by atoms with Crippen LogP contribution in [0, 0.1) is 11.3 Å². The summed E-state index contributed by atoms with van der Waals surface area (Å²) in [6.07, 6.45) is 3.35. The predicted molar refractivity (Wildman–Crippen MR) is 46.3 cm³/mol. The summed E-state index contributed by atoms with van der Waals surface area (Å²) in [5, 5.41) is 8.59. The molecule has 0 aliphatic heterocycles. The molecule has 0 saturated heterocycles. The Labute approximate surface area is 72.3 Å². The van der Waals surface area contributed by atoms with Crippen LogP contribution in [0.15, 0.2) is 18.5 Å². The molecule has 0 atom stereocenters. The summed E-state index contributed by atoms with van der Waals surface area (Å²) in [5.41, 5.74) is 1.69. The number of rotatable bonds is 2. The van der Waals surface area contributed by atoms with Crippen molar-refractivity contribution in [3.05, 3.63) is 29.6 Å². The molecule has 0 unspecified atom stereocenters. The van der Waals surface area contributed by atoms with Gasteiger partial charge in [0.05, 0.1) is 5.56 Å². The molecule has 62 valence electrons. The van der Waals surface area contributed by atoms with Crippen LogP contribution in [-0.4, -0.2) is 24.0 Å². The van der Waals surface area contributed by atoms with Gasteiger partial charge in [0.1, 0.15) is 6.07 Å². The smallest absolute Gasteiger partial charge is 0.101 e. The average molecular weight is 161 g/mol. The Balaban J connectivity index is 2.81. The molecule has 0 radical (unpaired) electrons. The van der Waals surface area contributed by atoms with Gasteiger partial charge < -0.3 is 4.90 Å². The van der Waals surface area contributed by atoms with E-state index in [1.807, 2.05) is 25.1 Å². The van der Waals surface area contributed by atoms with Crippen molar-refractivity contribution < 1.29 is 0 Å². The molecule has 0 aliphatic carbocycles. The van der Waals surface area contributed by atoms with Crippen molar-refractivity contribution in [2.75, 3.05) is 14.1 Å². The number of nitriles is 1. The third-order valence-electron chi connectivity index (χ3n) is 1.42. The Kier molecular flexibility index (Phi) is 2.78. The van der Waals surface area contributed by atoms with Crippen molar-refractivity contribution in [2.24, 2.45) is 0 Å². The Morgan fingerprint density at radius 2 is 2.25 bits per heavy atom. The van der Waals surface area contributed by atoms with E-state index in [1.165, 1.54) is 0 Å². The minimum absolute atomic E-state index is 0.620. The molecule has 1 heterocycles. The van der Waals surface area contributed by atoms with Crippen molar-refractivity contribution in [1.29, 1.82) is 5.26 Å². The highest BCUT2D eigenvalue weighted by molar-refractivity contribution is 5.28. The first-order valence-electron chi connectivity index (χ1n) is 3.71. The highest BCUT2D eigenvalue weighted by Crippen LogP contribution is 2.02. The van der Waals surface area contributed by atoms with Crippen LogP contribution < -0.4 is 0 Å². The van der Waals surface area contributed by atoms with E-state index < -0.39 is 0 Å². The van der Waals surface area contributed by atoms with E-state index >= 15 is 0 Å². The van der Waals surface area contributed by atoms with E-state index in [9.17, 15) is 0 Å². The van der Waals surface area contributed by atoms with Gasteiger partial charge in [-0.15, -0.1) is 0 Å². The first kappa shape index (κ1) is 8.69. The van der Waals surface area contributed by atoms with E-state index in [0.717, 1.165) is 12.1 Å². The number of hydrogen-bond donors (Lipinski definition) is 0. The van der Waals surface area contributed by atoms with Crippen LogP contribution in [0.4, 0.5) is 0 Å². The van der Waals surface area contributed by atoms with Crippen molar-refractivity contribution in [3.8, 4) is 6.07 Å². The summed E-state index contributed by atoms with van der Waals surface area (Å²) in [4.78, 5) is 6.00.